The summed E-state index contributed by atoms with van der Waals surface area (Å²) in [7, 11) is 0. The quantitative estimate of drug-likeness (QED) is 0.699. The fraction of sp³-hybridized carbons (Fsp3) is 0.286. The van der Waals surface area contributed by atoms with Crippen LogP contribution in [0, 0.1) is 0 Å². The highest BCUT2D eigenvalue weighted by Crippen LogP contribution is 2.21. The van der Waals surface area contributed by atoms with Gasteiger partial charge in [-0.1, -0.05) is 38.1 Å². The minimum atomic E-state index is 1.09. The van der Waals surface area contributed by atoms with Gasteiger partial charge in [0.2, 0.25) is 0 Å². The van der Waals surface area contributed by atoms with Crippen molar-refractivity contribution in [3.8, 4) is 0 Å². The normalized spacial score (nSPS) is 10.7. The van der Waals surface area contributed by atoms with Crippen LogP contribution < -0.4 is 0 Å². The van der Waals surface area contributed by atoms with Gasteiger partial charge in [-0.05, 0) is 24.6 Å². The van der Waals surface area contributed by atoms with Gasteiger partial charge in [0, 0.05) is 23.1 Å². The zero-order valence-corrected chi connectivity index (χ0v) is 9.24. The molecular formula is C14H17N. The Labute approximate surface area is 91.0 Å². The summed E-state index contributed by atoms with van der Waals surface area (Å²) in [5, 5.41) is 1.31. The number of aryl methyl sites for hydroxylation is 1. The van der Waals surface area contributed by atoms with Crippen LogP contribution in [0.2, 0.25) is 0 Å². The highest BCUT2D eigenvalue weighted by atomic mass is 15.0. The third kappa shape index (κ3) is 1.82. The highest BCUT2D eigenvalue weighted by Gasteiger charge is 2.04. The van der Waals surface area contributed by atoms with Crippen molar-refractivity contribution < 1.29 is 0 Å². The molecule has 1 heteroatoms. The van der Waals surface area contributed by atoms with Crippen molar-refractivity contribution >= 4 is 17.0 Å². The number of para-hydroxylation sites is 1. The van der Waals surface area contributed by atoms with Gasteiger partial charge in [0.05, 0.1) is 0 Å². The molecule has 0 aliphatic rings. The molecule has 15 heavy (non-hydrogen) atoms. The van der Waals surface area contributed by atoms with Crippen molar-refractivity contribution in [2.24, 2.45) is 0 Å². The van der Waals surface area contributed by atoms with E-state index in [4.69, 9.17) is 0 Å². The second-order valence-corrected chi connectivity index (χ2v) is 3.84. The van der Waals surface area contributed by atoms with Gasteiger partial charge in [0.25, 0.3) is 0 Å². The van der Waals surface area contributed by atoms with Crippen molar-refractivity contribution in [1.29, 1.82) is 0 Å². The molecule has 0 aliphatic carbocycles. The minimum Gasteiger partial charge on any atom is -0.341 e. The van der Waals surface area contributed by atoms with E-state index in [1.54, 1.807) is 0 Å². The van der Waals surface area contributed by atoms with Gasteiger partial charge < -0.3 is 4.57 Å². The molecular weight excluding hydrogens is 182 g/mol. The van der Waals surface area contributed by atoms with Gasteiger partial charge in [-0.2, -0.15) is 0 Å². The maximum Gasteiger partial charge on any atom is 0.0485 e. The van der Waals surface area contributed by atoms with Crippen molar-refractivity contribution in [2.45, 2.75) is 26.3 Å². The van der Waals surface area contributed by atoms with Crippen molar-refractivity contribution in [3.63, 3.8) is 0 Å². The molecule has 2 rings (SSSR count). The van der Waals surface area contributed by atoms with Gasteiger partial charge in [0.15, 0.2) is 0 Å². The molecule has 0 aliphatic heterocycles. The van der Waals surface area contributed by atoms with Gasteiger partial charge in [-0.15, -0.1) is 0 Å². The zero-order valence-electron chi connectivity index (χ0n) is 9.24. The lowest BCUT2D eigenvalue weighted by atomic mass is 10.2. The molecule has 78 valence electrons. The lowest BCUT2D eigenvalue weighted by Gasteiger charge is -2.06. The Hall–Kier alpha value is -1.50. The molecule has 0 fully saturated rings. The van der Waals surface area contributed by atoms with E-state index >= 15 is 0 Å². The average Bonchev–Trinajstić information content (AvgIpc) is 2.64. The molecule has 1 aromatic carbocycles. The molecule has 1 aromatic heterocycles. The fourth-order valence-electron chi connectivity index (χ4n) is 1.97. The third-order valence-electron chi connectivity index (χ3n) is 2.79. The van der Waals surface area contributed by atoms with Crippen LogP contribution in [0.5, 0.6) is 0 Å². The molecule has 0 spiro atoms. The van der Waals surface area contributed by atoms with E-state index in [1.807, 2.05) is 6.08 Å². The van der Waals surface area contributed by atoms with Gasteiger partial charge in [-0.3, -0.25) is 0 Å². The van der Waals surface area contributed by atoms with Crippen LogP contribution in [-0.4, -0.2) is 4.57 Å². The average molecular weight is 199 g/mol. The number of hydrogen-bond acceptors (Lipinski definition) is 0. The molecule has 2 aromatic rings. The summed E-state index contributed by atoms with van der Waals surface area (Å²) < 4.78 is 2.35. The summed E-state index contributed by atoms with van der Waals surface area (Å²) in [6.45, 7) is 7.18. The Morgan fingerprint density at radius 2 is 2.13 bits per heavy atom. The van der Waals surface area contributed by atoms with E-state index < -0.39 is 0 Å². The lowest BCUT2D eigenvalue weighted by Crippen LogP contribution is -1.99. The lowest BCUT2D eigenvalue weighted by molar-refractivity contribution is 0.646. The minimum absolute atomic E-state index is 1.09. The van der Waals surface area contributed by atoms with E-state index in [9.17, 15) is 0 Å². The molecule has 0 saturated carbocycles. The largest absolute Gasteiger partial charge is 0.341 e. The molecule has 0 bridgehead atoms. The van der Waals surface area contributed by atoms with Crippen molar-refractivity contribution in [1.82, 2.24) is 4.57 Å². The molecule has 1 nitrogen and oxygen atoms in total. The zero-order chi connectivity index (χ0) is 10.7. The molecule has 0 N–H and O–H groups in total. The Kier molecular flexibility index (Phi) is 2.91. The maximum absolute atomic E-state index is 3.87. The first-order valence-electron chi connectivity index (χ1n) is 5.57. The topological polar surface area (TPSA) is 4.93 Å². The van der Waals surface area contributed by atoms with E-state index in [1.165, 1.54) is 29.4 Å². The summed E-state index contributed by atoms with van der Waals surface area (Å²) >= 11 is 0. The first-order valence-corrected chi connectivity index (χ1v) is 5.57. The molecule has 0 amide bonds. The molecule has 0 unspecified atom stereocenters. The molecule has 0 atom stereocenters. The van der Waals surface area contributed by atoms with Crippen LogP contribution in [0.1, 0.15) is 25.5 Å². The first kappa shape index (κ1) is 10.0. The van der Waals surface area contributed by atoms with Gasteiger partial charge >= 0.3 is 0 Å². The van der Waals surface area contributed by atoms with Crippen molar-refractivity contribution in [2.75, 3.05) is 0 Å². The summed E-state index contributed by atoms with van der Waals surface area (Å²) in [5.74, 6) is 0. The van der Waals surface area contributed by atoms with E-state index in [0.717, 1.165) is 6.54 Å². The number of unbranched alkanes of at least 4 members (excludes halogenated alkanes) is 1. The molecule has 0 radical (unpaired) electrons. The van der Waals surface area contributed by atoms with E-state index in [2.05, 4.69) is 48.4 Å². The Morgan fingerprint density at radius 1 is 1.33 bits per heavy atom. The summed E-state index contributed by atoms with van der Waals surface area (Å²) in [4.78, 5) is 0. The molecule has 0 saturated heterocycles. The van der Waals surface area contributed by atoms with Gasteiger partial charge in [0.1, 0.15) is 0 Å². The Morgan fingerprint density at radius 3 is 2.87 bits per heavy atom. The fourth-order valence-corrected chi connectivity index (χ4v) is 1.97. The van der Waals surface area contributed by atoms with Crippen LogP contribution in [0.25, 0.3) is 17.0 Å². The summed E-state index contributed by atoms with van der Waals surface area (Å²) in [6.07, 6.45) is 4.39. The maximum atomic E-state index is 3.87. The van der Waals surface area contributed by atoms with E-state index in [-0.39, 0.29) is 0 Å². The SMILES string of the molecule is C=Cc1cc2ccccc2n1CCCC. The van der Waals surface area contributed by atoms with Crippen LogP contribution in [0.3, 0.4) is 0 Å². The van der Waals surface area contributed by atoms with Crippen LogP contribution in [0.15, 0.2) is 36.9 Å². The molecule has 1 heterocycles. The number of nitrogens with zero attached hydrogens (tertiary/aromatic N) is 1. The number of benzene rings is 1. The van der Waals surface area contributed by atoms with Crippen LogP contribution in [-0.2, 0) is 6.54 Å². The Balaban J connectivity index is 2.51. The summed E-state index contributed by atoms with van der Waals surface area (Å²) in [5.41, 5.74) is 2.55. The summed E-state index contributed by atoms with van der Waals surface area (Å²) in [6, 6.07) is 10.7. The second kappa shape index (κ2) is 4.35. The van der Waals surface area contributed by atoms with Crippen LogP contribution >= 0.6 is 0 Å². The smallest absolute Gasteiger partial charge is 0.0485 e. The monoisotopic (exact) mass is 199 g/mol. The number of hydrogen-bond donors (Lipinski definition) is 0. The first-order chi connectivity index (χ1) is 7.36. The van der Waals surface area contributed by atoms with E-state index in [0.29, 0.717) is 0 Å². The highest BCUT2D eigenvalue weighted by molar-refractivity contribution is 5.83. The number of rotatable bonds is 4. The Bertz CT molecular complexity index is 465. The predicted molar refractivity (Wildman–Crippen MR) is 66.9 cm³/mol. The predicted octanol–water partition coefficient (Wildman–Crippen LogP) is 4.08. The second-order valence-electron chi connectivity index (χ2n) is 3.84. The van der Waals surface area contributed by atoms with Gasteiger partial charge in [-0.25, -0.2) is 0 Å². The standard InChI is InChI=1S/C14H17N/c1-3-5-10-15-13(4-2)11-12-8-6-7-9-14(12)15/h4,6-9,11H,2-3,5,10H2,1H3. The third-order valence-corrected chi connectivity index (χ3v) is 2.79. The number of fused-ring (bicyclic) bond motifs is 1. The van der Waals surface area contributed by atoms with Crippen molar-refractivity contribution in [3.05, 3.63) is 42.6 Å². The van der Waals surface area contributed by atoms with Crippen LogP contribution in [0.4, 0.5) is 0 Å². The number of aromatic nitrogens is 1.